The fourth-order valence-electron chi connectivity index (χ4n) is 5.76. The zero-order chi connectivity index (χ0) is 23.8. The topological polar surface area (TPSA) is 66.9 Å². The van der Waals surface area contributed by atoms with Crippen LogP contribution in [-0.4, -0.2) is 41.9 Å². The van der Waals surface area contributed by atoms with Gasteiger partial charge < -0.3 is 14.5 Å². The molecule has 3 atom stereocenters. The van der Waals surface area contributed by atoms with E-state index in [1.165, 1.54) is 19.2 Å². The number of methoxy groups -OCH3 is 1. The Bertz CT molecular complexity index is 1100. The number of hydrogen-bond acceptors (Lipinski definition) is 4. The average molecular weight is 465 g/mol. The molecule has 7 heteroatoms. The van der Waals surface area contributed by atoms with E-state index in [-0.39, 0.29) is 48.7 Å². The lowest BCUT2D eigenvalue weighted by Crippen LogP contribution is -2.53. The fourth-order valence-corrected chi connectivity index (χ4v) is 5.76. The van der Waals surface area contributed by atoms with Gasteiger partial charge in [-0.15, -0.1) is 0 Å². The molecule has 2 amide bonds. The molecule has 0 aromatic heterocycles. The van der Waals surface area contributed by atoms with Gasteiger partial charge in [0.2, 0.25) is 5.91 Å². The second-order valence-corrected chi connectivity index (χ2v) is 9.46. The number of fused-ring (bicyclic) bond motifs is 2. The summed E-state index contributed by atoms with van der Waals surface area (Å²) in [4.78, 5) is 42.5. The zero-order valence-electron chi connectivity index (χ0n) is 19.3. The van der Waals surface area contributed by atoms with E-state index >= 15 is 0 Å². The second-order valence-electron chi connectivity index (χ2n) is 9.46. The van der Waals surface area contributed by atoms with E-state index in [0.717, 1.165) is 37.7 Å². The number of carbonyl (C=O) groups is 3. The van der Waals surface area contributed by atoms with Crippen molar-refractivity contribution in [2.45, 2.75) is 63.1 Å². The summed E-state index contributed by atoms with van der Waals surface area (Å²) < 4.78 is 19.2. The van der Waals surface area contributed by atoms with E-state index in [9.17, 15) is 18.8 Å². The van der Waals surface area contributed by atoms with Gasteiger partial charge in [0.1, 0.15) is 5.82 Å². The third-order valence-corrected chi connectivity index (χ3v) is 7.38. The Morgan fingerprint density at radius 2 is 1.79 bits per heavy atom. The van der Waals surface area contributed by atoms with Gasteiger partial charge in [-0.1, -0.05) is 30.7 Å². The van der Waals surface area contributed by atoms with E-state index < -0.39 is 11.8 Å². The summed E-state index contributed by atoms with van der Waals surface area (Å²) in [7, 11) is 1.32. The van der Waals surface area contributed by atoms with E-state index in [2.05, 4.69) is 0 Å². The molecule has 0 radical (unpaired) electrons. The molecule has 0 spiro atoms. The highest BCUT2D eigenvalue weighted by Gasteiger charge is 2.51. The van der Waals surface area contributed by atoms with Crippen molar-refractivity contribution in [2.75, 3.05) is 12.0 Å². The maximum atomic E-state index is 14.5. The molecule has 0 N–H and O–H groups in total. The largest absolute Gasteiger partial charge is 0.469 e. The molecule has 178 valence electrons. The van der Waals surface area contributed by atoms with Crippen LogP contribution in [0.25, 0.3) is 0 Å². The fraction of sp³-hybridized carbons (Fsp3) is 0.444. The number of amides is 2. The van der Waals surface area contributed by atoms with Gasteiger partial charge in [0, 0.05) is 30.0 Å². The van der Waals surface area contributed by atoms with Crippen molar-refractivity contribution in [2.24, 2.45) is 5.92 Å². The Hall–Kier alpha value is -3.22. The molecule has 2 saturated carbocycles. The molecule has 0 saturated heterocycles. The maximum absolute atomic E-state index is 14.5. The van der Waals surface area contributed by atoms with Gasteiger partial charge >= 0.3 is 5.97 Å². The molecular formula is C27H29FN2O4. The third-order valence-electron chi connectivity index (χ3n) is 7.38. The molecule has 2 aromatic rings. The van der Waals surface area contributed by atoms with Gasteiger partial charge in [0.15, 0.2) is 0 Å². The van der Waals surface area contributed by atoms with Crippen LogP contribution in [0.1, 0.15) is 66.9 Å². The normalized spacial score (nSPS) is 23.1. The number of esters is 1. The minimum absolute atomic E-state index is 0.0360. The molecule has 34 heavy (non-hydrogen) atoms. The smallest absolute Gasteiger partial charge is 0.306 e. The summed E-state index contributed by atoms with van der Waals surface area (Å²) in [5.41, 5.74) is 1.93. The summed E-state index contributed by atoms with van der Waals surface area (Å²) in [6.45, 7) is 0. The number of hydrogen-bond donors (Lipinski definition) is 0. The lowest BCUT2D eigenvalue weighted by atomic mass is 9.81. The molecule has 1 aliphatic heterocycles. The number of benzene rings is 2. The van der Waals surface area contributed by atoms with E-state index in [0.29, 0.717) is 11.3 Å². The molecule has 3 unspecified atom stereocenters. The van der Waals surface area contributed by atoms with Gasteiger partial charge in [0.05, 0.1) is 25.3 Å². The highest BCUT2D eigenvalue weighted by molar-refractivity contribution is 6.07. The van der Waals surface area contributed by atoms with E-state index in [4.69, 9.17) is 4.74 Å². The summed E-state index contributed by atoms with van der Waals surface area (Å²) in [6.07, 6.45) is 4.59. The first-order valence-electron chi connectivity index (χ1n) is 12.1. The maximum Gasteiger partial charge on any atom is 0.306 e. The molecule has 0 bridgehead atoms. The Kier molecular flexibility index (Phi) is 6.11. The van der Waals surface area contributed by atoms with Crippen molar-refractivity contribution < 1.29 is 23.5 Å². The lowest BCUT2D eigenvalue weighted by Gasteiger charge is -2.48. The molecule has 6 nitrogen and oxygen atoms in total. The van der Waals surface area contributed by atoms with Gasteiger partial charge in [0.25, 0.3) is 5.91 Å². The van der Waals surface area contributed by atoms with Gasteiger partial charge in [-0.25, -0.2) is 4.39 Å². The summed E-state index contributed by atoms with van der Waals surface area (Å²) in [5.74, 6) is -0.976. The molecule has 2 aromatic carbocycles. The van der Waals surface area contributed by atoms with Gasteiger partial charge in [-0.05, 0) is 55.5 Å². The number of carbonyl (C=O) groups excluding carboxylic acids is 3. The molecule has 1 heterocycles. The lowest BCUT2D eigenvalue weighted by molar-refractivity contribution is -0.145. The summed E-state index contributed by atoms with van der Waals surface area (Å²) in [5, 5.41) is 0. The van der Waals surface area contributed by atoms with Crippen LogP contribution in [-0.2, 0) is 14.3 Å². The quantitative estimate of drug-likeness (QED) is 0.584. The van der Waals surface area contributed by atoms with Crippen molar-refractivity contribution in [1.29, 1.82) is 0 Å². The van der Waals surface area contributed by atoms with Crippen molar-refractivity contribution in [3.05, 3.63) is 65.5 Å². The van der Waals surface area contributed by atoms with E-state index in [1.807, 2.05) is 23.1 Å². The Morgan fingerprint density at radius 3 is 2.50 bits per heavy atom. The zero-order valence-corrected chi connectivity index (χ0v) is 19.3. The highest BCUT2D eigenvalue weighted by atomic mass is 19.1. The van der Waals surface area contributed by atoms with Crippen molar-refractivity contribution in [3.8, 4) is 0 Å². The second kappa shape index (κ2) is 9.20. The highest BCUT2D eigenvalue weighted by Crippen LogP contribution is 2.53. The van der Waals surface area contributed by atoms with Crippen LogP contribution in [0.4, 0.5) is 10.1 Å². The van der Waals surface area contributed by atoms with E-state index in [1.54, 1.807) is 23.1 Å². The van der Waals surface area contributed by atoms with Crippen LogP contribution >= 0.6 is 0 Å². The average Bonchev–Trinajstić information content (AvgIpc) is 3.57. The molecule has 3 aliphatic rings. The standard InChI is InChI=1S/C27H29FN2O4/c1-34-25(32)15-14-24(31)29(19-11-12-19)26-20-8-5-9-22(20)30(23-16-18(28)10-13-21(23)26)27(33)17-6-3-2-4-7-17/h2-4,6-7,10,13,16,19-20,22,26H,5,8-9,11-12,14-15H2,1H3. The van der Waals surface area contributed by atoms with Crippen LogP contribution in [0, 0.1) is 11.7 Å². The van der Waals surface area contributed by atoms with Crippen LogP contribution in [0.3, 0.4) is 0 Å². The Balaban J connectivity index is 1.56. The number of ether oxygens (including phenoxy) is 1. The molecular weight excluding hydrogens is 435 g/mol. The summed E-state index contributed by atoms with van der Waals surface area (Å²) in [6, 6.07) is 13.4. The SMILES string of the molecule is COC(=O)CCC(=O)N(C1CC1)C1c2ccc(F)cc2N(C(=O)c2ccccc2)C2CCCC21. The van der Waals surface area contributed by atoms with Crippen LogP contribution in [0.5, 0.6) is 0 Å². The van der Waals surface area contributed by atoms with Crippen LogP contribution in [0.2, 0.25) is 0 Å². The minimum Gasteiger partial charge on any atom is -0.469 e. The molecule has 2 aliphatic carbocycles. The summed E-state index contributed by atoms with van der Waals surface area (Å²) >= 11 is 0. The minimum atomic E-state index is -0.409. The number of anilines is 1. The van der Waals surface area contributed by atoms with Crippen LogP contribution < -0.4 is 4.90 Å². The first-order valence-corrected chi connectivity index (χ1v) is 12.1. The third kappa shape index (κ3) is 4.08. The monoisotopic (exact) mass is 464 g/mol. The van der Waals surface area contributed by atoms with Crippen molar-refractivity contribution in [3.63, 3.8) is 0 Å². The first-order chi connectivity index (χ1) is 16.5. The predicted molar refractivity (Wildman–Crippen MR) is 125 cm³/mol. The number of rotatable bonds is 6. The first kappa shape index (κ1) is 22.6. The van der Waals surface area contributed by atoms with Crippen molar-refractivity contribution >= 4 is 23.5 Å². The number of nitrogens with zero attached hydrogens (tertiary/aromatic N) is 2. The van der Waals surface area contributed by atoms with Gasteiger partial charge in [-0.3, -0.25) is 14.4 Å². The Morgan fingerprint density at radius 1 is 1.03 bits per heavy atom. The van der Waals surface area contributed by atoms with Gasteiger partial charge in [-0.2, -0.15) is 0 Å². The molecule has 5 rings (SSSR count). The predicted octanol–water partition coefficient (Wildman–Crippen LogP) is 4.64. The Labute approximate surface area is 198 Å². The van der Waals surface area contributed by atoms with Crippen molar-refractivity contribution in [1.82, 2.24) is 4.90 Å². The molecule has 2 fully saturated rings. The van der Waals surface area contributed by atoms with Crippen LogP contribution in [0.15, 0.2) is 48.5 Å². The number of halogens is 1.